The summed E-state index contributed by atoms with van der Waals surface area (Å²) < 4.78 is 11.3. The molecule has 2 rings (SSSR count). The molecule has 0 aromatic heterocycles. The van der Waals surface area contributed by atoms with Crippen LogP contribution in [0.15, 0.2) is 47.7 Å². The summed E-state index contributed by atoms with van der Waals surface area (Å²) in [6, 6.07) is 0. The lowest BCUT2D eigenvalue weighted by Gasteiger charge is -2.23. The van der Waals surface area contributed by atoms with Crippen LogP contribution in [0.2, 0.25) is 0 Å². The molecule has 2 atom stereocenters. The Morgan fingerprint density at radius 3 is 3.00 bits per heavy atom. The van der Waals surface area contributed by atoms with Gasteiger partial charge in [0.1, 0.15) is 5.76 Å². The highest BCUT2D eigenvalue weighted by atomic mass is 16.7. The van der Waals surface area contributed by atoms with Crippen molar-refractivity contribution in [3.8, 4) is 0 Å². The maximum absolute atomic E-state index is 5.95. The Kier molecular flexibility index (Phi) is 4.26. The van der Waals surface area contributed by atoms with Crippen molar-refractivity contribution < 1.29 is 9.47 Å². The van der Waals surface area contributed by atoms with Crippen LogP contribution in [0, 0.1) is 5.92 Å². The molecule has 3 heteroatoms. The van der Waals surface area contributed by atoms with E-state index < -0.39 is 0 Å². The fourth-order valence-corrected chi connectivity index (χ4v) is 1.94. The minimum absolute atomic E-state index is 0.305. The van der Waals surface area contributed by atoms with Gasteiger partial charge >= 0.3 is 0 Å². The molecule has 1 heterocycles. The summed E-state index contributed by atoms with van der Waals surface area (Å²) in [6.07, 6.45) is 12.5. The smallest absolute Gasteiger partial charge is 0.286 e. The Morgan fingerprint density at radius 2 is 2.22 bits per heavy atom. The largest absolute Gasteiger partial charge is 0.446 e. The molecule has 0 aromatic rings. The zero-order chi connectivity index (χ0) is 13.0. The lowest BCUT2D eigenvalue weighted by Crippen LogP contribution is -2.27. The third kappa shape index (κ3) is 3.26. The van der Waals surface area contributed by atoms with E-state index in [9.17, 15) is 0 Å². The number of rotatable bonds is 5. The van der Waals surface area contributed by atoms with Crippen LogP contribution in [0.3, 0.4) is 0 Å². The van der Waals surface area contributed by atoms with Crippen molar-refractivity contribution in [1.29, 1.82) is 0 Å². The monoisotopic (exact) mass is 247 g/mol. The highest BCUT2D eigenvalue weighted by Gasteiger charge is 2.18. The average molecular weight is 247 g/mol. The van der Waals surface area contributed by atoms with E-state index in [2.05, 4.69) is 19.9 Å². The lowest BCUT2D eigenvalue weighted by molar-refractivity contribution is 0.00896. The van der Waals surface area contributed by atoms with Gasteiger partial charge in [0.2, 0.25) is 0 Å². The predicted molar refractivity (Wildman–Crippen MR) is 72.2 cm³/mol. The van der Waals surface area contributed by atoms with Crippen LogP contribution in [0.1, 0.15) is 33.1 Å². The number of ether oxygens (including phenoxy) is 2. The summed E-state index contributed by atoms with van der Waals surface area (Å²) in [5, 5.41) is 0. The fourth-order valence-electron chi connectivity index (χ4n) is 1.94. The molecule has 0 bridgehead atoms. The summed E-state index contributed by atoms with van der Waals surface area (Å²) in [6.45, 7) is 4.33. The minimum Gasteiger partial charge on any atom is -0.446 e. The van der Waals surface area contributed by atoms with Crippen LogP contribution in [0.5, 0.6) is 0 Å². The molecule has 3 nitrogen and oxygen atoms in total. The Morgan fingerprint density at radius 1 is 1.39 bits per heavy atom. The maximum atomic E-state index is 5.95. The molecule has 98 valence electrons. The predicted octanol–water partition coefficient (Wildman–Crippen LogP) is 3.37. The Bertz CT molecular complexity index is 418. The Balaban J connectivity index is 1.92. The van der Waals surface area contributed by atoms with Crippen molar-refractivity contribution in [2.75, 3.05) is 0 Å². The summed E-state index contributed by atoms with van der Waals surface area (Å²) >= 11 is 0. The van der Waals surface area contributed by atoms with Crippen LogP contribution in [0.25, 0.3) is 0 Å². The normalized spacial score (nSPS) is 20.9. The van der Waals surface area contributed by atoms with E-state index in [1.54, 1.807) is 0 Å². The summed E-state index contributed by atoms with van der Waals surface area (Å²) in [5.41, 5.74) is 7.13. The van der Waals surface area contributed by atoms with Crippen molar-refractivity contribution >= 4 is 0 Å². The highest BCUT2D eigenvalue weighted by molar-refractivity contribution is 5.40. The van der Waals surface area contributed by atoms with E-state index in [4.69, 9.17) is 15.2 Å². The molecule has 0 aromatic carbocycles. The SMILES string of the molecule is CCC(C)CC(N)OC1=CC=C2CC=CC=C2O1. The molecule has 0 spiro atoms. The Hall–Kier alpha value is -1.48. The second-order valence-corrected chi connectivity index (χ2v) is 4.85. The van der Waals surface area contributed by atoms with Crippen molar-refractivity contribution in [3.05, 3.63) is 47.7 Å². The number of allylic oxidation sites excluding steroid dienone is 6. The number of fused-ring (bicyclic) bond motifs is 1. The third-order valence-corrected chi connectivity index (χ3v) is 3.27. The zero-order valence-electron chi connectivity index (χ0n) is 11.1. The zero-order valence-corrected chi connectivity index (χ0v) is 11.1. The van der Waals surface area contributed by atoms with Crippen LogP contribution < -0.4 is 5.73 Å². The standard InChI is InChI=1S/C15H21NO2/c1-3-11(2)10-14(16)18-15-9-8-12-6-4-5-7-13(12)17-15/h4-5,7-9,11,14H,3,6,10,16H2,1-2H3. The van der Waals surface area contributed by atoms with E-state index in [0.29, 0.717) is 11.9 Å². The molecule has 1 aliphatic carbocycles. The summed E-state index contributed by atoms with van der Waals surface area (Å²) in [5.74, 6) is 1.92. The first-order chi connectivity index (χ1) is 8.69. The Labute approximate surface area is 109 Å². The van der Waals surface area contributed by atoms with Gasteiger partial charge < -0.3 is 9.47 Å². The van der Waals surface area contributed by atoms with Gasteiger partial charge in [0.15, 0.2) is 6.23 Å². The quantitative estimate of drug-likeness (QED) is 0.758. The molecule has 0 saturated carbocycles. The summed E-state index contributed by atoms with van der Waals surface area (Å²) in [4.78, 5) is 0. The van der Waals surface area contributed by atoms with E-state index in [0.717, 1.165) is 25.0 Å². The number of nitrogens with two attached hydrogens (primary N) is 1. The molecular formula is C15H21NO2. The van der Waals surface area contributed by atoms with Crippen molar-refractivity contribution in [3.63, 3.8) is 0 Å². The van der Waals surface area contributed by atoms with Crippen LogP contribution in [-0.4, -0.2) is 6.23 Å². The van der Waals surface area contributed by atoms with Gasteiger partial charge in [-0.25, -0.2) is 0 Å². The third-order valence-electron chi connectivity index (χ3n) is 3.27. The molecule has 18 heavy (non-hydrogen) atoms. The van der Waals surface area contributed by atoms with Gasteiger partial charge in [-0.2, -0.15) is 0 Å². The number of hydrogen-bond acceptors (Lipinski definition) is 3. The van der Waals surface area contributed by atoms with Crippen molar-refractivity contribution in [1.82, 2.24) is 0 Å². The minimum atomic E-state index is -0.305. The van der Waals surface area contributed by atoms with Crippen LogP contribution in [-0.2, 0) is 9.47 Å². The van der Waals surface area contributed by atoms with Crippen molar-refractivity contribution in [2.24, 2.45) is 11.7 Å². The van der Waals surface area contributed by atoms with Gasteiger partial charge in [0.05, 0.1) is 0 Å². The van der Waals surface area contributed by atoms with Crippen molar-refractivity contribution in [2.45, 2.75) is 39.3 Å². The van der Waals surface area contributed by atoms with Gasteiger partial charge in [-0.3, -0.25) is 5.73 Å². The molecule has 2 N–H and O–H groups in total. The molecule has 0 amide bonds. The average Bonchev–Trinajstić information content (AvgIpc) is 2.38. The van der Waals surface area contributed by atoms with E-state index in [1.165, 1.54) is 5.57 Å². The van der Waals surface area contributed by atoms with Crippen LogP contribution >= 0.6 is 0 Å². The van der Waals surface area contributed by atoms with Gasteiger partial charge in [-0.05, 0) is 30.1 Å². The molecule has 0 radical (unpaired) electrons. The topological polar surface area (TPSA) is 44.5 Å². The molecule has 1 aliphatic heterocycles. The van der Waals surface area contributed by atoms with Gasteiger partial charge in [-0.1, -0.05) is 32.4 Å². The second-order valence-electron chi connectivity index (χ2n) is 4.85. The molecule has 2 aliphatic rings. The highest BCUT2D eigenvalue weighted by Crippen LogP contribution is 2.28. The first-order valence-electron chi connectivity index (χ1n) is 6.57. The molecule has 2 unspecified atom stereocenters. The number of hydrogen-bond donors (Lipinski definition) is 1. The molecule has 0 fully saturated rings. The first kappa shape index (κ1) is 13.0. The van der Waals surface area contributed by atoms with Crippen LogP contribution in [0.4, 0.5) is 0 Å². The second kappa shape index (κ2) is 5.91. The van der Waals surface area contributed by atoms with E-state index in [-0.39, 0.29) is 6.23 Å². The fraction of sp³-hybridized carbons (Fsp3) is 0.467. The first-order valence-corrected chi connectivity index (χ1v) is 6.57. The van der Waals surface area contributed by atoms with Gasteiger partial charge in [-0.15, -0.1) is 0 Å². The lowest BCUT2D eigenvalue weighted by atomic mass is 10.0. The molecule has 0 saturated heterocycles. The van der Waals surface area contributed by atoms with E-state index in [1.807, 2.05) is 24.3 Å². The maximum Gasteiger partial charge on any atom is 0.286 e. The van der Waals surface area contributed by atoms with E-state index >= 15 is 0 Å². The summed E-state index contributed by atoms with van der Waals surface area (Å²) in [7, 11) is 0. The van der Waals surface area contributed by atoms with Gasteiger partial charge in [0, 0.05) is 12.5 Å². The molecular weight excluding hydrogens is 226 g/mol. The van der Waals surface area contributed by atoms with Gasteiger partial charge in [0.25, 0.3) is 5.95 Å².